The number of hydrogen-bond acceptors (Lipinski definition) is 5. The number of esters is 1. The molecule has 0 aliphatic carbocycles. The summed E-state index contributed by atoms with van der Waals surface area (Å²) >= 11 is 1.39. The van der Waals surface area contributed by atoms with E-state index in [0.717, 1.165) is 16.3 Å². The predicted octanol–water partition coefficient (Wildman–Crippen LogP) is 3.00. The number of methoxy groups -OCH3 is 1. The fraction of sp³-hybridized carbons (Fsp3) is 0.231. The smallest absolute Gasteiger partial charge is 0.357 e. The Labute approximate surface area is 109 Å². The van der Waals surface area contributed by atoms with E-state index in [1.807, 2.05) is 24.3 Å². The molecule has 0 saturated heterocycles. The van der Waals surface area contributed by atoms with Crippen LogP contribution in [0.25, 0.3) is 10.6 Å². The number of nitrogens with zero attached hydrogens (tertiary/aromatic N) is 1. The van der Waals surface area contributed by atoms with Crippen LogP contribution in [-0.2, 0) is 4.74 Å². The first-order valence-corrected chi connectivity index (χ1v) is 6.40. The van der Waals surface area contributed by atoms with Crippen molar-refractivity contribution in [3.05, 3.63) is 35.3 Å². The van der Waals surface area contributed by atoms with Crippen molar-refractivity contribution in [1.29, 1.82) is 0 Å². The van der Waals surface area contributed by atoms with Crippen LogP contribution in [0.1, 0.15) is 17.4 Å². The highest BCUT2D eigenvalue weighted by Gasteiger charge is 2.14. The topological polar surface area (TPSA) is 48.4 Å². The third-order valence-electron chi connectivity index (χ3n) is 2.33. The van der Waals surface area contributed by atoms with Gasteiger partial charge < -0.3 is 9.47 Å². The van der Waals surface area contributed by atoms with E-state index < -0.39 is 5.97 Å². The number of rotatable bonds is 4. The largest absolute Gasteiger partial charge is 0.496 e. The minimum absolute atomic E-state index is 0.336. The standard InChI is InChI=1S/C13H13NO3S/c1-3-17-13(15)10-8-18-12(14-10)9-6-4-5-7-11(9)16-2/h4-8H,3H2,1-2H3. The first-order chi connectivity index (χ1) is 8.76. The molecule has 94 valence electrons. The molecule has 0 N–H and O–H groups in total. The Bertz CT molecular complexity index is 551. The maximum atomic E-state index is 11.5. The van der Waals surface area contributed by atoms with Crippen LogP contribution in [0.4, 0.5) is 0 Å². The van der Waals surface area contributed by atoms with Crippen LogP contribution in [-0.4, -0.2) is 24.7 Å². The van der Waals surface area contributed by atoms with Crippen molar-refractivity contribution in [2.75, 3.05) is 13.7 Å². The zero-order valence-corrected chi connectivity index (χ0v) is 11.0. The maximum Gasteiger partial charge on any atom is 0.357 e. The zero-order chi connectivity index (χ0) is 13.0. The molecule has 0 aliphatic heterocycles. The molecule has 5 heteroatoms. The molecule has 1 aromatic carbocycles. The van der Waals surface area contributed by atoms with E-state index in [1.165, 1.54) is 11.3 Å². The summed E-state index contributed by atoms with van der Waals surface area (Å²) in [6.07, 6.45) is 0. The second kappa shape index (κ2) is 5.64. The van der Waals surface area contributed by atoms with Crippen LogP contribution < -0.4 is 4.74 Å². The molecule has 0 fully saturated rings. The molecule has 0 aliphatic rings. The second-order valence-corrected chi connectivity index (χ2v) is 4.32. The van der Waals surface area contributed by atoms with Crippen molar-refractivity contribution in [3.63, 3.8) is 0 Å². The molecule has 1 heterocycles. The Kier molecular flexibility index (Phi) is 3.94. The SMILES string of the molecule is CCOC(=O)c1csc(-c2ccccc2OC)n1. The fourth-order valence-corrected chi connectivity index (χ4v) is 2.34. The van der Waals surface area contributed by atoms with Crippen molar-refractivity contribution < 1.29 is 14.3 Å². The minimum Gasteiger partial charge on any atom is -0.496 e. The third-order valence-corrected chi connectivity index (χ3v) is 3.20. The van der Waals surface area contributed by atoms with Crippen molar-refractivity contribution in [3.8, 4) is 16.3 Å². The Morgan fingerprint density at radius 2 is 2.17 bits per heavy atom. The number of ether oxygens (including phenoxy) is 2. The van der Waals surface area contributed by atoms with E-state index >= 15 is 0 Å². The van der Waals surface area contributed by atoms with E-state index in [2.05, 4.69) is 4.98 Å². The molecule has 0 bridgehead atoms. The summed E-state index contributed by atoms with van der Waals surface area (Å²) in [7, 11) is 1.61. The van der Waals surface area contributed by atoms with Gasteiger partial charge in [-0.25, -0.2) is 9.78 Å². The minimum atomic E-state index is -0.394. The van der Waals surface area contributed by atoms with Gasteiger partial charge in [0.2, 0.25) is 0 Å². The van der Waals surface area contributed by atoms with Gasteiger partial charge in [-0.05, 0) is 19.1 Å². The number of aromatic nitrogens is 1. The molecule has 0 spiro atoms. The zero-order valence-electron chi connectivity index (χ0n) is 10.2. The predicted molar refractivity (Wildman–Crippen MR) is 70.1 cm³/mol. The molecule has 0 saturated carbocycles. The summed E-state index contributed by atoms with van der Waals surface area (Å²) in [5.74, 6) is 0.345. The molecule has 18 heavy (non-hydrogen) atoms. The third kappa shape index (κ3) is 2.51. The van der Waals surface area contributed by atoms with Crippen molar-refractivity contribution in [1.82, 2.24) is 4.98 Å². The van der Waals surface area contributed by atoms with Gasteiger partial charge >= 0.3 is 5.97 Å². The van der Waals surface area contributed by atoms with Crippen molar-refractivity contribution >= 4 is 17.3 Å². The summed E-state index contributed by atoms with van der Waals surface area (Å²) < 4.78 is 10.2. The maximum absolute atomic E-state index is 11.5. The normalized spacial score (nSPS) is 10.1. The molecule has 4 nitrogen and oxygen atoms in total. The van der Waals surface area contributed by atoms with Crippen molar-refractivity contribution in [2.24, 2.45) is 0 Å². The molecule has 0 atom stereocenters. The lowest BCUT2D eigenvalue weighted by molar-refractivity contribution is 0.0520. The van der Waals surface area contributed by atoms with Gasteiger partial charge in [0.25, 0.3) is 0 Å². The van der Waals surface area contributed by atoms with Crippen LogP contribution in [0.5, 0.6) is 5.75 Å². The van der Waals surface area contributed by atoms with Gasteiger partial charge in [0.1, 0.15) is 10.8 Å². The number of carbonyl (C=O) groups excluding carboxylic acids is 1. The van der Waals surface area contributed by atoms with Crippen LogP contribution in [0.15, 0.2) is 29.6 Å². The first kappa shape index (κ1) is 12.6. The van der Waals surface area contributed by atoms with E-state index in [-0.39, 0.29) is 0 Å². The number of benzene rings is 1. The van der Waals surface area contributed by atoms with Crippen LogP contribution in [0.3, 0.4) is 0 Å². The summed E-state index contributed by atoms with van der Waals surface area (Å²) in [5, 5.41) is 2.44. The van der Waals surface area contributed by atoms with Crippen molar-refractivity contribution in [2.45, 2.75) is 6.92 Å². The van der Waals surface area contributed by atoms with Gasteiger partial charge in [-0.15, -0.1) is 11.3 Å². The summed E-state index contributed by atoms with van der Waals surface area (Å²) in [5.41, 5.74) is 1.21. The molecule has 0 amide bonds. The Morgan fingerprint density at radius 1 is 1.39 bits per heavy atom. The Balaban J connectivity index is 2.32. The van der Waals surface area contributed by atoms with E-state index in [9.17, 15) is 4.79 Å². The average molecular weight is 263 g/mol. The summed E-state index contributed by atoms with van der Waals surface area (Å²) in [6, 6.07) is 7.57. The molecular weight excluding hydrogens is 250 g/mol. The molecule has 1 aromatic heterocycles. The number of thiazole rings is 1. The van der Waals surface area contributed by atoms with Crippen LogP contribution in [0.2, 0.25) is 0 Å². The fourth-order valence-electron chi connectivity index (χ4n) is 1.52. The van der Waals surface area contributed by atoms with Gasteiger partial charge in [-0.1, -0.05) is 12.1 Å². The van der Waals surface area contributed by atoms with E-state index in [1.54, 1.807) is 19.4 Å². The van der Waals surface area contributed by atoms with Gasteiger partial charge in [0.15, 0.2) is 5.69 Å². The van der Waals surface area contributed by atoms with Gasteiger partial charge in [-0.3, -0.25) is 0 Å². The summed E-state index contributed by atoms with van der Waals surface area (Å²) in [4.78, 5) is 15.8. The van der Waals surface area contributed by atoms with E-state index in [4.69, 9.17) is 9.47 Å². The number of para-hydroxylation sites is 1. The number of carbonyl (C=O) groups is 1. The van der Waals surface area contributed by atoms with Gasteiger partial charge in [0.05, 0.1) is 19.3 Å². The Morgan fingerprint density at radius 3 is 2.89 bits per heavy atom. The van der Waals surface area contributed by atoms with Gasteiger partial charge in [-0.2, -0.15) is 0 Å². The molecule has 2 aromatic rings. The lowest BCUT2D eigenvalue weighted by Crippen LogP contribution is -2.04. The lowest BCUT2D eigenvalue weighted by atomic mass is 10.2. The van der Waals surface area contributed by atoms with Crippen LogP contribution >= 0.6 is 11.3 Å². The molecule has 2 rings (SSSR count). The average Bonchev–Trinajstić information content (AvgIpc) is 2.88. The lowest BCUT2D eigenvalue weighted by Gasteiger charge is -2.04. The molecular formula is C13H13NO3S. The number of hydrogen-bond donors (Lipinski definition) is 0. The van der Waals surface area contributed by atoms with E-state index in [0.29, 0.717) is 12.3 Å². The van der Waals surface area contributed by atoms with Crippen LogP contribution in [0, 0.1) is 0 Å². The molecule has 0 radical (unpaired) electrons. The first-order valence-electron chi connectivity index (χ1n) is 5.52. The quantitative estimate of drug-likeness (QED) is 0.796. The molecule has 0 unspecified atom stereocenters. The highest BCUT2D eigenvalue weighted by molar-refractivity contribution is 7.13. The highest BCUT2D eigenvalue weighted by atomic mass is 32.1. The second-order valence-electron chi connectivity index (χ2n) is 3.46. The van der Waals surface area contributed by atoms with Gasteiger partial charge in [0, 0.05) is 5.38 Å². The monoisotopic (exact) mass is 263 g/mol. The Hall–Kier alpha value is -1.88. The highest BCUT2D eigenvalue weighted by Crippen LogP contribution is 2.31. The summed E-state index contributed by atoms with van der Waals surface area (Å²) in [6.45, 7) is 2.12.